The molecule has 2 heterocycles. The van der Waals surface area contributed by atoms with Gasteiger partial charge in [0, 0.05) is 19.6 Å². The first-order valence-electron chi connectivity index (χ1n) is 7.63. The number of aryl methyl sites for hydroxylation is 2. The zero-order chi connectivity index (χ0) is 14.7. The molecule has 2 unspecified atom stereocenters. The molecule has 1 aliphatic rings. The summed E-state index contributed by atoms with van der Waals surface area (Å²) in [5.41, 5.74) is 8.30. The predicted molar refractivity (Wildman–Crippen MR) is 80.9 cm³/mol. The Labute approximate surface area is 122 Å². The summed E-state index contributed by atoms with van der Waals surface area (Å²) in [7, 11) is 3.63. The number of aromatic nitrogens is 2. The van der Waals surface area contributed by atoms with E-state index in [4.69, 9.17) is 10.5 Å². The molecule has 2 atom stereocenters. The second-order valence-electron chi connectivity index (χ2n) is 5.82. The fraction of sp³-hybridized carbons (Fsp3) is 0.800. The summed E-state index contributed by atoms with van der Waals surface area (Å²) in [6, 6.07) is 0.766. The third kappa shape index (κ3) is 2.83. The van der Waals surface area contributed by atoms with E-state index in [-0.39, 0.29) is 6.04 Å². The first kappa shape index (κ1) is 15.3. The van der Waals surface area contributed by atoms with Gasteiger partial charge >= 0.3 is 0 Å². The molecule has 5 nitrogen and oxygen atoms in total. The van der Waals surface area contributed by atoms with E-state index in [2.05, 4.69) is 16.9 Å². The molecule has 0 aliphatic carbocycles. The molecule has 1 fully saturated rings. The summed E-state index contributed by atoms with van der Waals surface area (Å²) in [4.78, 5) is 2.54. The third-order valence-electron chi connectivity index (χ3n) is 4.47. The number of nitrogens with two attached hydrogens (primary N) is 1. The van der Waals surface area contributed by atoms with Crippen molar-refractivity contribution in [3.63, 3.8) is 0 Å². The second kappa shape index (κ2) is 6.59. The molecule has 1 aromatic heterocycles. The Hall–Kier alpha value is -1.07. The van der Waals surface area contributed by atoms with Crippen molar-refractivity contribution in [2.75, 3.05) is 20.2 Å². The van der Waals surface area contributed by atoms with Crippen LogP contribution < -0.4 is 10.5 Å². The molecule has 1 aromatic rings. The SMILES string of the molecule is COc1c(C(CN)N2CCCCCC2C)c(C)nn1C. The quantitative estimate of drug-likeness (QED) is 0.916. The van der Waals surface area contributed by atoms with Gasteiger partial charge in [0.2, 0.25) is 5.88 Å². The molecule has 0 saturated carbocycles. The maximum absolute atomic E-state index is 6.12. The highest BCUT2D eigenvalue weighted by atomic mass is 16.5. The topological polar surface area (TPSA) is 56.3 Å². The molecule has 0 aromatic carbocycles. The summed E-state index contributed by atoms with van der Waals surface area (Å²) in [5.74, 6) is 0.842. The van der Waals surface area contributed by atoms with Crippen molar-refractivity contribution in [3.05, 3.63) is 11.3 Å². The smallest absolute Gasteiger partial charge is 0.216 e. The maximum atomic E-state index is 6.12. The number of methoxy groups -OCH3 is 1. The lowest BCUT2D eigenvalue weighted by atomic mass is 10.0. The summed E-state index contributed by atoms with van der Waals surface area (Å²) < 4.78 is 7.37. The van der Waals surface area contributed by atoms with E-state index >= 15 is 0 Å². The van der Waals surface area contributed by atoms with Gasteiger partial charge < -0.3 is 10.5 Å². The van der Waals surface area contributed by atoms with Crippen molar-refractivity contribution >= 4 is 0 Å². The number of ether oxygens (including phenoxy) is 1. The Kier molecular flexibility index (Phi) is 5.05. The number of likely N-dealkylation sites (tertiary alicyclic amines) is 1. The number of hydrogen-bond acceptors (Lipinski definition) is 4. The van der Waals surface area contributed by atoms with Crippen molar-refractivity contribution < 1.29 is 4.74 Å². The van der Waals surface area contributed by atoms with E-state index in [1.54, 1.807) is 7.11 Å². The maximum Gasteiger partial charge on any atom is 0.216 e. The average molecular weight is 280 g/mol. The normalized spacial score (nSPS) is 22.6. The van der Waals surface area contributed by atoms with E-state index in [1.165, 1.54) is 25.7 Å². The average Bonchev–Trinajstić information content (AvgIpc) is 2.58. The Bertz CT molecular complexity index is 443. The molecule has 1 aliphatic heterocycles. The van der Waals surface area contributed by atoms with E-state index in [1.807, 2.05) is 18.7 Å². The second-order valence-corrected chi connectivity index (χ2v) is 5.82. The van der Waals surface area contributed by atoms with Crippen LogP contribution in [0.4, 0.5) is 0 Å². The van der Waals surface area contributed by atoms with Crippen LogP contribution in [0.5, 0.6) is 5.88 Å². The van der Waals surface area contributed by atoms with Crippen LogP contribution in [0, 0.1) is 6.92 Å². The third-order valence-corrected chi connectivity index (χ3v) is 4.47. The zero-order valence-electron chi connectivity index (χ0n) is 13.2. The predicted octanol–water partition coefficient (Wildman–Crippen LogP) is 2.00. The van der Waals surface area contributed by atoms with E-state index in [0.717, 1.165) is 23.7 Å². The highest BCUT2D eigenvalue weighted by Crippen LogP contribution is 2.34. The Morgan fingerprint density at radius 2 is 2.15 bits per heavy atom. The Morgan fingerprint density at radius 1 is 1.40 bits per heavy atom. The van der Waals surface area contributed by atoms with Gasteiger partial charge in [-0.05, 0) is 33.2 Å². The lowest BCUT2D eigenvalue weighted by molar-refractivity contribution is 0.147. The van der Waals surface area contributed by atoms with Crippen molar-refractivity contribution in [2.24, 2.45) is 12.8 Å². The van der Waals surface area contributed by atoms with Crippen LogP contribution in [0.3, 0.4) is 0 Å². The molecular formula is C15H28N4O. The number of nitrogens with zero attached hydrogens (tertiary/aromatic N) is 3. The minimum absolute atomic E-state index is 0.201. The lowest BCUT2D eigenvalue weighted by Gasteiger charge is -2.35. The number of hydrogen-bond donors (Lipinski definition) is 1. The molecule has 0 spiro atoms. The van der Waals surface area contributed by atoms with Crippen LogP contribution >= 0.6 is 0 Å². The summed E-state index contributed by atoms with van der Waals surface area (Å²) in [6.07, 6.45) is 5.14. The molecule has 1 saturated heterocycles. The minimum Gasteiger partial charge on any atom is -0.481 e. The van der Waals surface area contributed by atoms with Crippen LogP contribution in [0.15, 0.2) is 0 Å². The first-order valence-corrected chi connectivity index (χ1v) is 7.63. The van der Waals surface area contributed by atoms with Gasteiger partial charge in [0.15, 0.2) is 0 Å². The van der Waals surface area contributed by atoms with Gasteiger partial charge in [-0.15, -0.1) is 0 Å². The van der Waals surface area contributed by atoms with E-state index in [9.17, 15) is 0 Å². The first-order chi connectivity index (χ1) is 9.60. The summed E-state index contributed by atoms with van der Waals surface area (Å²) in [6.45, 7) is 6.07. The van der Waals surface area contributed by atoms with Crippen molar-refractivity contribution in [3.8, 4) is 5.88 Å². The van der Waals surface area contributed by atoms with Crippen molar-refractivity contribution in [1.82, 2.24) is 14.7 Å². The van der Waals surface area contributed by atoms with Crippen LogP contribution in [-0.2, 0) is 7.05 Å². The van der Waals surface area contributed by atoms with Crippen LogP contribution in [0.2, 0.25) is 0 Å². The van der Waals surface area contributed by atoms with E-state index in [0.29, 0.717) is 12.6 Å². The molecular weight excluding hydrogens is 252 g/mol. The zero-order valence-corrected chi connectivity index (χ0v) is 13.2. The van der Waals surface area contributed by atoms with Crippen molar-refractivity contribution in [1.29, 1.82) is 0 Å². The fourth-order valence-electron chi connectivity index (χ4n) is 3.46. The van der Waals surface area contributed by atoms with Crippen LogP contribution in [-0.4, -0.2) is 40.9 Å². The molecule has 5 heteroatoms. The standard InChI is InChI=1S/C15H28N4O/c1-11-8-6-5-7-9-19(11)13(10-16)14-12(2)17-18(3)15(14)20-4/h11,13H,5-10,16H2,1-4H3. The largest absolute Gasteiger partial charge is 0.481 e. The van der Waals surface area contributed by atoms with Gasteiger partial charge in [0.1, 0.15) is 0 Å². The van der Waals surface area contributed by atoms with Crippen molar-refractivity contribution in [2.45, 2.75) is 51.6 Å². The van der Waals surface area contributed by atoms with Crippen LogP contribution in [0.25, 0.3) is 0 Å². The van der Waals surface area contributed by atoms with Gasteiger partial charge in [-0.2, -0.15) is 5.10 Å². The minimum atomic E-state index is 0.201. The van der Waals surface area contributed by atoms with Gasteiger partial charge in [0.05, 0.1) is 24.4 Å². The molecule has 2 rings (SSSR count). The summed E-state index contributed by atoms with van der Waals surface area (Å²) in [5, 5.41) is 4.50. The number of rotatable bonds is 4. The Balaban J connectivity index is 2.36. The molecule has 0 amide bonds. The monoisotopic (exact) mass is 280 g/mol. The highest BCUT2D eigenvalue weighted by Gasteiger charge is 2.30. The van der Waals surface area contributed by atoms with Gasteiger partial charge in [0.25, 0.3) is 0 Å². The fourth-order valence-corrected chi connectivity index (χ4v) is 3.46. The Morgan fingerprint density at radius 3 is 2.80 bits per heavy atom. The van der Waals surface area contributed by atoms with Gasteiger partial charge in [-0.1, -0.05) is 12.8 Å². The highest BCUT2D eigenvalue weighted by molar-refractivity contribution is 5.34. The lowest BCUT2D eigenvalue weighted by Crippen LogP contribution is -2.40. The van der Waals surface area contributed by atoms with Crippen LogP contribution in [0.1, 0.15) is 49.9 Å². The molecule has 0 radical (unpaired) electrons. The molecule has 20 heavy (non-hydrogen) atoms. The summed E-state index contributed by atoms with van der Waals surface area (Å²) >= 11 is 0. The molecule has 2 N–H and O–H groups in total. The molecule has 0 bridgehead atoms. The van der Waals surface area contributed by atoms with Gasteiger partial charge in [-0.3, -0.25) is 4.90 Å². The van der Waals surface area contributed by atoms with E-state index < -0.39 is 0 Å². The molecule has 114 valence electrons. The van der Waals surface area contributed by atoms with Gasteiger partial charge in [-0.25, -0.2) is 4.68 Å².